The Bertz CT molecular complexity index is 260. The topological polar surface area (TPSA) is 32.3 Å². The van der Waals surface area contributed by atoms with Crippen molar-refractivity contribution in [2.45, 2.75) is 32.9 Å². The fourth-order valence-electron chi connectivity index (χ4n) is 1.10. The number of phenolic OH excluding ortho intramolecular Hbond substituents is 1. The molecule has 0 aliphatic rings. The molecule has 0 amide bonds. The van der Waals surface area contributed by atoms with Gasteiger partial charge < -0.3 is 10.4 Å². The fourth-order valence-corrected chi connectivity index (χ4v) is 1.10. The lowest BCUT2D eigenvalue weighted by Gasteiger charge is -2.10. The minimum atomic E-state index is 0.337. The number of hydrogen-bond acceptors (Lipinski definition) is 2. The molecule has 0 spiro atoms. The van der Waals surface area contributed by atoms with Crippen molar-refractivity contribution in [3.05, 3.63) is 29.8 Å². The summed E-state index contributed by atoms with van der Waals surface area (Å²) in [5.74, 6) is 0.337. The van der Waals surface area contributed by atoms with Crippen LogP contribution >= 0.6 is 0 Å². The van der Waals surface area contributed by atoms with Crippen LogP contribution in [0, 0.1) is 0 Å². The molecule has 72 valence electrons. The predicted molar refractivity (Wildman–Crippen MR) is 54.7 cm³/mol. The molecule has 2 nitrogen and oxygen atoms in total. The predicted octanol–water partition coefficient (Wildman–Crippen LogP) is 2.28. The van der Waals surface area contributed by atoms with E-state index in [1.807, 2.05) is 12.1 Å². The molecule has 0 saturated carbocycles. The average Bonchev–Trinajstić information content (AvgIpc) is 2.14. The van der Waals surface area contributed by atoms with Gasteiger partial charge in [0.1, 0.15) is 5.75 Å². The molecule has 0 fully saturated rings. The standard InChI is InChI=1S/C11H17NO/c1-3-9(2)12-8-10-5-4-6-11(13)7-10/h4-7,9,12-13H,3,8H2,1-2H3. The molecule has 1 unspecified atom stereocenters. The summed E-state index contributed by atoms with van der Waals surface area (Å²) < 4.78 is 0. The van der Waals surface area contributed by atoms with Crippen LogP contribution in [0.15, 0.2) is 24.3 Å². The number of rotatable bonds is 4. The monoisotopic (exact) mass is 179 g/mol. The molecule has 1 atom stereocenters. The number of hydrogen-bond donors (Lipinski definition) is 2. The van der Waals surface area contributed by atoms with Gasteiger partial charge in [0.15, 0.2) is 0 Å². The van der Waals surface area contributed by atoms with Gasteiger partial charge in [0, 0.05) is 12.6 Å². The van der Waals surface area contributed by atoms with E-state index in [9.17, 15) is 5.11 Å². The molecule has 1 rings (SSSR count). The van der Waals surface area contributed by atoms with Crippen LogP contribution in [0.25, 0.3) is 0 Å². The Balaban J connectivity index is 2.45. The lowest BCUT2D eigenvalue weighted by Crippen LogP contribution is -2.24. The van der Waals surface area contributed by atoms with Gasteiger partial charge >= 0.3 is 0 Å². The maximum atomic E-state index is 9.21. The molecule has 1 aromatic carbocycles. The molecular weight excluding hydrogens is 162 g/mol. The van der Waals surface area contributed by atoms with Gasteiger partial charge in [0.05, 0.1) is 0 Å². The highest BCUT2D eigenvalue weighted by atomic mass is 16.3. The van der Waals surface area contributed by atoms with Gasteiger partial charge in [-0.25, -0.2) is 0 Å². The first-order valence-corrected chi connectivity index (χ1v) is 4.73. The second-order valence-electron chi connectivity index (χ2n) is 3.36. The zero-order valence-corrected chi connectivity index (χ0v) is 8.25. The largest absolute Gasteiger partial charge is 0.508 e. The number of benzene rings is 1. The molecule has 0 aliphatic heterocycles. The number of aromatic hydroxyl groups is 1. The maximum Gasteiger partial charge on any atom is 0.115 e. The Morgan fingerprint density at radius 2 is 2.23 bits per heavy atom. The molecule has 2 N–H and O–H groups in total. The third-order valence-corrected chi connectivity index (χ3v) is 2.18. The minimum absolute atomic E-state index is 0.337. The summed E-state index contributed by atoms with van der Waals surface area (Å²) >= 11 is 0. The van der Waals surface area contributed by atoms with Gasteiger partial charge in [-0.15, -0.1) is 0 Å². The van der Waals surface area contributed by atoms with E-state index < -0.39 is 0 Å². The molecule has 0 radical (unpaired) electrons. The Morgan fingerprint density at radius 1 is 1.46 bits per heavy atom. The molecule has 0 heterocycles. The van der Waals surface area contributed by atoms with E-state index in [1.165, 1.54) is 0 Å². The van der Waals surface area contributed by atoms with Crippen molar-refractivity contribution in [1.82, 2.24) is 5.32 Å². The maximum absolute atomic E-state index is 9.21. The van der Waals surface area contributed by atoms with Crippen molar-refractivity contribution in [3.63, 3.8) is 0 Å². The van der Waals surface area contributed by atoms with Crippen molar-refractivity contribution in [2.75, 3.05) is 0 Å². The van der Waals surface area contributed by atoms with Gasteiger partial charge in [0.2, 0.25) is 0 Å². The van der Waals surface area contributed by atoms with E-state index in [-0.39, 0.29) is 0 Å². The smallest absolute Gasteiger partial charge is 0.115 e. The van der Waals surface area contributed by atoms with Crippen molar-refractivity contribution in [1.29, 1.82) is 0 Å². The second-order valence-corrected chi connectivity index (χ2v) is 3.36. The molecule has 0 aliphatic carbocycles. The van der Waals surface area contributed by atoms with Gasteiger partial charge in [0.25, 0.3) is 0 Å². The van der Waals surface area contributed by atoms with E-state index in [0.717, 1.165) is 18.5 Å². The summed E-state index contributed by atoms with van der Waals surface area (Å²) in [7, 11) is 0. The first kappa shape index (κ1) is 10.1. The van der Waals surface area contributed by atoms with Crippen molar-refractivity contribution in [3.8, 4) is 5.75 Å². The van der Waals surface area contributed by atoms with Crippen LogP contribution in [-0.2, 0) is 6.54 Å². The summed E-state index contributed by atoms with van der Waals surface area (Å²) in [6.07, 6.45) is 1.12. The summed E-state index contributed by atoms with van der Waals surface area (Å²) in [6.45, 7) is 5.13. The van der Waals surface area contributed by atoms with Gasteiger partial charge in [-0.2, -0.15) is 0 Å². The summed E-state index contributed by atoms with van der Waals surface area (Å²) in [5, 5.41) is 12.6. The molecule has 1 aromatic rings. The Hall–Kier alpha value is -1.02. The van der Waals surface area contributed by atoms with Crippen LogP contribution in [0.4, 0.5) is 0 Å². The third-order valence-electron chi connectivity index (χ3n) is 2.18. The zero-order valence-electron chi connectivity index (χ0n) is 8.25. The molecule has 0 aromatic heterocycles. The summed E-state index contributed by atoms with van der Waals surface area (Å²) in [6, 6.07) is 7.88. The van der Waals surface area contributed by atoms with E-state index in [1.54, 1.807) is 12.1 Å². The molecule has 0 bridgehead atoms. The fraction of sp³-hybridized carbons (Fsp3) is 0.455. The van der Waals surface area contributed by atoms with Gasteiger partial charge in [-0.1, -0.05) is 19.1 Å². The summed E-state index contributed by atoms with van der Waals surface area (Å²) in [4.78, 5) is 0. The van der Waals surface area contributed by atoms with Gasteiger partial charge in [-0.05, 0) is 31.0 Å². The number of phenols is 1. The Morgan fingerprint density at radius 3 is 2.85 bits per heavy atom. The third kappa shape index (κ3) is 3.47. The highest BCUT2D eigenvalue weighted by Gasteiger charge is 1.98. The van der Waals surface area contributed by atoms with E-state index >= 15 is 0 Å². The normalized spacial score (nSPS) is 12.8. The van der Waals surface area contributed by atoms with Crippen LogP contribution < -0.4 is 5.32 Å². The first-order valence-electron chi connectivity index (χ1n) is 4.73. The quantitative estimate of drug-likeness (QED) is 0.743. The Kier molecular flexibility index (Phi) is 3.77. The van der Waals surface area contributed by atoms with Crippen molar-refractivity contribution < 1.29 is 5.11 Å². The SMILES string of the molecule is CCC(C)NCc1cccc(O)c1. The van der Waals surface area contributed by atoms with E-state index in [4.69, 9.17) is 0 Å². The molecule has 13 heavy (non-hydrogen) atoms. The molecular formula is C11H17NO. The van der Waals surface area contributed by atoms with E-state index in [0.29, 0.717) is 11.8 Å². The molecule has 0 saturated heterocycles. The second kappa shape index (κ2) is 4.87. The Labute approximate surface area is 79.6 Å². The van der Waals surface area contributed by atoms with Crippen LogP contribution in [0.2, 0.25) is 0 Å². The van der Waals surface area contributed by atoms with Crippen LogP contribution in [0.5, 0.6) is 5.75 Å². The zero-order chi connectivity index (χ0) is 9.68. The van der Waals surface area contributed by atoms with Crippen LogP contribution in [0.1, 0.15) is 25.8 Å². The minimum Gasteiger partial charge on any atom is -0.508 e. The number of nitrogens with one attached hydrogen (secondary N) is 1. The van der Waals surface area contributed by atoms with Crippen LogP contribution in [-0.4, -0.2) is 11.1 Å². The highest BCUT2D eigenvalue weighted by Crippen LogP contribution is 2.10. The van der Waals surface area contributed by atoms with E-state index in [2.05, 4.69) is 19.2 Å². The van der Waals surface area contributed by atoms with Crippen LogP contribution in [0.3, 0.4) is 0 Å². The molecule has 2 heteroatoms. The van der Waals surface area contributed by atoms with Crippen molar-refractivity contribution >= 4 is 0 Å². The highest BCUT2D eigenvalue weighted by molar-refractivity contribution is 5.26. The van der Waals surface area contributed by atoms with Crippen molar-refractivity contribution in [2.24, 2.45) is 0 Å². The average molecular weight is 179 g/mol. The summed E-state index contributed by atoms with van der Waals surface area (Å²) in [5.41, 5.74) is 1.13. The van der Waals surface area contributed by atoms with Gasteiger partial charge in [-0.3, -0.25) is 0 Å². The lowest BCUT2D eigenvalue weighted by atomic mass is 10.2. The lowest BCUT2D eigenvalue weighted by molar-refractivity contribution is 0.473. The first-order chi connectivity index (χ1) is 6.22.